The van der Waals surface area contributed by atoms with Crippen molar-refractivity contribution < 1.29 is 14.1 Å². The molecule has 28 heavy (non-hydrogen) atoms. The molecule has 2 N–H and O–H groups in total. The lowest BCUT2D eigenvalue weighted by Crippen LogP contribution is -2.42. The molecule has 3 rings (SSSR count). The van der Waals surface area contributed by atoms with Gasteiger partial charge in [-0.3, -0.25) is 4.79 Å². The van der Waals surface area contributed by atoms with E-state index in [2.05, 4.69) is 10.1 Å². The van der Waals surface area contributed by atoms with E-state index in [9.17, 15) is 4.79 Å². The minimum atomic E-state index is 0. The summed E-state index contributed by atoms with van der Waals surface area (Å²) in [5.41, 5.74) is 6.83. The first-order valence-corrected chi connectivity index (χ1v) is 9.57. The number of nitrogens with two attached hydrogens (primary N) is 1. The smallest absolute Gasteiger partial charge is 0.226 e. The number of amides is 1. The van der Waals surface area contributed by atoms with Crippen LogP contribution in [0.3, 0.4) is 0 Å². The second-order valence-corrected chi connectivity index (χ2v) is 7.17. The van der Waals surface area contributed by atoms with Crippen LogP contribution in [0.4, 0.5) is 0 Å². The molecule has 0 aliphatic carbocycles. The van der Waals surface area contributed by atoms with E-state index < -0.39 is 0 Å². The molecular weight excluding hydrogens is 380 g/mol. The molecule has 1 aromatic carbocycles. The Hall–Kier alpha value is -2.12. The number of aryl methyl sites for hydroxylation is 1. The summed E-state index contributed by atoms with van der Waals surface area (Å²) in [6.07, 6.45) is 3.81. The number of hydrogen-bond acceptors (Lipinski definition) is 6. The summed E-state index contributed by atoms with van der Waals surface area (Å²) in [4.78, 5) is 18.7. The lowest BCUT2D eigenvalue weighted by atomic mass is 9.91. The SMILES string of the molecule is COc1ccc(-c2noc(CCCC(=O)N3CCC(C(C)N)CC3)n2)cc1.Cl. The van der Waals surface area contributed by atoms with Gasteiger partial charge in [0.2, 0.25) is 17.6 Å². The molecule has 0 spiro atoms. The molecule has 0 bridgehead atoms. The molecule has 2 aromatic rings. The number of nitrogens with zero attached hydrogens (tertiary/aromatic N) is 3. The number of rotatable bonds is 7. The third kappa shape index (κ3) is 5.69. The average molecular weight is 409 g/mol. The van der Waals surface area contributed by atoms with E-state index in [1.165, 1.54) is 0 Å². The Labute approximate surface area is 172 Å². The zero-order valence-corrected chi connectivity index (χ0v) is 17.3. The maximum atomic E-state index is 12.4. The summed E-state index contributed by atoms with van der Waals surface area (Å²) in [6, 6.07) is 7.71. The molecule has 7 nitrogen and oxygen atoms in total. The van der Waals surface area contributed by atoms with Crippen LogP contribution in [0.5, 0.6) is 5.75 Å². The maximum Gasteiger partial charge on any atom is 0.226 e. The van der Waals surface area contributed by atoms with Crippen molar-refractivity contribution in [2.24, 2.45) is 11.7 Å². The number of carbonyl (C=O) groups excluding carboxylic acids is 1. The normalized spacial score (nSPS) is 15.8. The molecule has 1 aliphatic rings. The highest BCUT2D eigenvalue weighted by atomic mass is 35.5. The van der Waals surface area contributed by atoms with E-state index in [0.29, 0.717) is 36.9 Å². The molecule has 1 aromatic heterocycles. The highest BCUT2D eigenvalue weighted by Gasteiger charge is 2.24. The Bertz CT molecular complexity index is 740. The number of ether oxygens (including phenoxy) is 1. The van der Waals surface area contributed by atoms with E-state index >= 15 is 0 Å². The zero-order chi connectivity index (χ0) is 19.2. The predicted molar refractivity (Wildman–Crippen MR) is 109 cm³/mol. The number of benzene rings is 1. The number of halogens is 1. The zero-order valence-electron chi connectivity index (χ0n) is 16.5. The largest absolute Gasteiger partial charge is 0.497 e. The predicted octanol–water partition coefficient (Wildman–Crippen LogP) is 3.08. The van der Waals surface area contributed by atoms with Crippen LogP contribution >= 0.6 is 12.4 Å². The molecule has 8 heteroatoms. The quantitative estimate of drug-likeness (QED) is 0.756. The van der Waals surface area contributed by atoms with Crippen molar-refractivity contribution in [3.05, 3.63) is 30.2 Å². The molecule has 0 radical (unpaired) electrons. The minimum Gasteiger partial charge on any atom is -0.497 e. The van der Waals surface area contributed by atoms with Crippen LogP contribution in [0.1, 0.15) is 38.5 Å². The van der Waals surface area contributed by atoms with Crippen LogP contribution in [-0.2, 0) is 11.2 Å². The number of hydrogen-bond donors (Lipinski definition) is 1. The van der Waals surface area contributed by atoms with Gasteiger partial charge in [-0.2, -0.15) is 4.98 Å². The first kappa shape index (κ1) is 22.2. The lowest BCUT2D eigenvalue weighted by molar-refractivity contribution is -0.132. The molecule has 1 fully saturated rings. The summed E-state index contributed by atoms with van der Waals surface area (Å²) in [7, 11) is 1.63. The Kier molecular flexibility index (Phi) is 8.26. The second kappa shape index (κ2) is 10.4. The van der Waals surface area contributed by atoms with Crippen LogP contribution in [0.15, 0.2) is 28.8 Å². The molecule has 0 saturated carbocycles. The van der Waals surface area contributed by atoms with Gasteiger partial charge < -0.3 is 19.9 Å². The van der Waals surface area contributed by atoms with Crippen molar-refractivity contribution in [1.82, 2.24) is 15.0 Å². The van der Waals surface area contributed by atoms with Crippen LogP contribution in [0.25, 0.3) is 11.4 Å². The summed E-state index contributed by atoms with van der Waals surface area (Å²) >= 11 is 0. The Balaban J connectivity index is 0.00000280. The summed E-state index contributed by atoms with van der Waals surface area (Å²) in [5.74, 6) is 2.63. The fraction of sp³-hybridized carbons (Fsp3) is 0.550. The van der Waals surface area contributed by atoms with Gasteiger partial charge >= 0.3 is 0 Å². The first-order chi connectivity index (χ1) is 13.1. The van der Waals surface area contributed by atoms with Gasteiger partial charge in [0.05, 0.1) is 7.11 Å². The molecule has 1 saturated heterocycles. The van der Waals surface area contributed by atoms with E-state index in [0.717, 1.165) is 37.2 Å². The first-order valence-electron chi connectivity index (χ1n) is 9.57. The van der Waals surface area contributed by atoms with Crippen LogP contribution in [0, 0.1) is 5.92 Å². The molecular formula is C20H29ClN4O3. The van der Waals surface area contributed by atoms with Gasteiger partial charge in [-0.05, 0) is 56.4 Å². The highest BCUT2D eigenvalue weighted by molar-refractivity contribution is 5.85. The Morgan fingerprint density at radius 2 is 2.00 bits per heavy atom. The van der Waals surface area contributed by atoms with Crippen LogP contribution in [-0.4, -0.2) is 47.2 Å². The van der Waals surface area contributed by atoms with E-state index in [4.69, 9.17) is 15.0 Å². The fourth-order valence-electron chi connectivity index (χ4n) is 3.44. The van der Waals surface area contributed by atoms with Gasteiger partial charge in [0.25, 0.3) is 0 Å². The molecule has 1 aliphatic heterocycles. The number of piperidine rings is 1. The summed E-state index contributed by atoms with van der Waals surface area (Å²) < 4.78 is 10.5. The van der Waals surface area contributed by atoms with Crippen molar-refractivity contribution in [1.29, 1.82) is 0 Å². The van der Waals surface area contributed by atoms with Gasteiger partial charge in [-0.1, -0.05) is 5.16 Å². The minimum absolute atomic E-state index is 0. The number of methoxy groups -OCH3 is 1. The Morgan fingerprint density at radius 3 is 2.61 bits per heavy atom. The lowest BCUT2D eigenvalue weighted by Gasteiger charge is -2.33. The second-order valence-electron chi connectivity index (χ2n) is 7.17. The van der Waals surface area contributed by atoms with Crippen molar-refractivity contribution in [2.45, 2.75) is 45.1 Å². The third-order valence-corrected chi connectivity index (χ3v) is 5.23. The molecule has 1 amide bonds. The average Bonchev–Trinajstić information content (AvgIpc) is 3.17. The monoisotopic (exact) mass is 408 g/mol. The van der Waals surface area contributed by atoms with Gasteiger partial charge in [0.15, 0.2) is 0 Å². The van der Waals surface area contributed by atoms with Crippen molar-refractivity contribution in [3.63, 3.8) is 0 Å². The van der Waals surface area contributed by atoms with E-state index in [-0.39, 0.29) is 24.4 Å². The van der Waals surface area contributed by atoms with E-state index in [1.54, 1.807) is 7.11 Å². The van der Waals surface area contributed by atoms with Crippen LogP contribution in [0.2, 0.25) is 0 Å². The van der Waals surface area contributed by atoms with Gasteiger partial charge in [0.1, 0.15) is 5.75 Å². The summed E-state index contributed by atoms with van der Waals surface area (Å²) in [6.45, 7) is 3.67. The third-order valence-electron chi connectivity index (χ3n) is 5.23. The molecule has 154 valence electrons. The van der Waals surface area contributed by atoms with E-state index in [1.807, 2.05) is 36.1 Å². The van der Waals surface area contributed by atoms with Crippen molar-refractivity contribution in [2.75, 3.05) is 20.2 Å². The summed E-state index contributed by atoms with van der Waals surface area (Å²) in [5, 5.41) is 4.02. The standard InChI is InChI=1S/C20H28N4O3.ClH/c1-14(21)15-10-12-24(13-11-15)19(25)5-3-4-18-22-20(23-27-18)16-6-8-17(26-2)9-7-16;/h6-9,14-15H,3-5,10-13,21H2,1-2H3;1H. The number of aromatic nitrogens is 2. The fourth-order valence-corrected chi connectivity index (χ4v) is 3.44. The Morgan fingerprint density at radius 1 is 1.32 bits per heavy atom. The van der Waals surface area contributed by atoms with Gasteiger partial charge in [-0.15, -0.1) is 12.4 Å². The molecule has 2 heterocycles. The molecule has 1 unspecified atom stereocenters. The molecule has 1 atom stereocenters. The number of likely N-dealkylation sites (tertiary alicyclic amines) is 1. The van der Waals surface area contributed by atoms with Crippen LogP contribution < -0.4 is 10.5 Å². The van der Waals surface area contributed by atoms with Gasteiger partial charge in [-0.25, -0.2) is 0 Å². The maximum absolute atomic E-state index is 12.4. The van der Waals surface area contributed by atoms with Crippen molar-refractivity contribution in [3.8, 4) is 17.1 Å². The highest BCUT2D eigenvalue weighted by Crippen LogP contribution is 2.22. The topological polar surface area (TPSA) is 94.5 Å². The van der Waals surface area contributed by atoms with Crippen molar-refractivity contribution >= 4 is 18.3 Å². The number of carbonyl (C=O) groups is 1. The van der Waals surface area contributed by atoms with Gasteiger partial charge in [0, 0.05) is 37.5 Å².